The summed E-state index contributed by atoms with van der Waals surface area (Å²) in [6.45, 7) is 7.23. The van der Waals surface area contributed by atoms with E-state index in [2.05, 4.69) is 40.3 Å². The van der Waals surface area contributed by atoms with Crippen LogP contribution < -0.4 is 24.2 Å². The average molecular weight is 409 g/mol. The summed E-state index contributed by atoms with van der Waals surface area (Å²) < 4.78 is 5.73. The second-order valence-electron chi connectivity index (χ2n) is 6.46. The number of rotatable bonds is 4. The minimum Gasteiger partial charge on any atom is -0.337 e. The van der Waals surface area contributed by atoms with E-state index in [4.69, 9.17) is 0 Å². The lowest BCUT2D eigenvalue weighted by molar-refractivity contribution is -0.688. The number of fused-ring (bicyclic) bond motifs is 1. The highest BCUT2D eigenvalue weighted by atomic mass is 32.2. The Morgan fingerprint density at radius 2 is 1.96 bits per heavy atom. The van der Waals surface area contributed by atoms with Crippen molar-refractivity contribution in [1.29, 1.82) is 0 Å². The molecule has 0 spiro atoms. The van der Waals surface area contributed by atoms with Crippen molar-refractivity contribution in [3.05, 3.63) is 86.6 Å². The number of benzene rings is 1. The number of hydrogen-bond donors (Lipinski definition) is 0. The van der Waals surface area contributed by atoms with Crippen LogP contribution >= 0.6 is 23.1 Å². The fourth-order valence-corrected chi connectivity index (χ4v) is 5.78. The van der Waals surface area contributed by atoms with Crippen LogP contribution in [0.5, 0.6) is 0 Å². The van der Waals surface area contributed by atoms with Crippen molar-refractivity contribution in [2.75, 3.05) is 11.9 Å². The molecular formula is C22H22N3OS2+. The van der Waals surface area contributed by atoms with Gasteiger partial charge in [-0.25, -0.2) is 0 Å². The molecule has 1 aliphatic heterocycles. The van der Waals surface area contributed by atoms with Gasteiger partial charge in [-0.05, 0) is 31.2 Å². The van der Waals surface area contributed by atoms with Crippen LogP contribution in [0.3, 0.4) is 0 Å². The first-order valence-corrected chi connectivity index (χ1v) is 10.8. The second kappa shape index (κ2) is 7.81. The number of thioether (sulfide) groups is 1. The van der Waals surface area contributed by atoms with Crippen molar-refractivity contribution in [2.24, 2.45) is 0 Å². The fourth-order valence-electron chi connectivity index (χ4n) is 3.32. The van der Waals surface area contributed by atoms with Crippen molar-refractivity contribution in [2.45, 2.75) is 24.9 Å². The van der Waals surface area contributed by atoms with E-state index in [1.807, 2.05) is 55.1 Å². The first-order valence-electron chi connectivity index (χ1n) is 9.19. The molecule has 3 aromatic rings. The number of allylic oxidation sites excluding steroid dienone is 1. The molecule has 1 aromatic carbocycles. The summed E-state index contributed by atoms with van der Waals surface area (Å²) in [4.78, 5) is 16.5. The van der Waals surface area contributed by atoms with Crippen molar-refractivity contribution in [3.8, 4) is 0 Å². The van der Waals surface area contributed by atoms with Gasteiger partial charge in [0.15, 0.2) is 12.7 Å². The van der Waals surface area contributed by atoms with Gasteiger partial charge < -0.3 is 4.90 Å². The Hall–Kier alpha value is -2.57. The van der Waals surface area contributed by atoms with Gasteiger partial charge in [0.25, 0.3) is 5.56 Å². The molecule has 1 aliphatic rings. The van der Waals surface area contributed by atoms with Crippen LogP contribution in [-0.4, -0.2) is 11.6 Å². The van der Waals surface area contributed by atoms with Gasteiger partial charge in [-0.3, -0.25) is 9.36 Å². The molecule has 0 N–H and O–H groups in total. The molecule has 0 fully saturated rings. The van der Waals surface area contributed by atoms with Gasteiger partial charge in [-0.1, -0.05) is 30.5 Å². The predicted octanol–water partition coefficient (Wildman–Crippen LogP) is 2.54. The van der Waals surface area contributed by atoms with Crippen molar-refractivity contribution < 1.29 is 4.57 Å². The quantitative estimate of drug-likeness (QED) is 0.491. The molecule has 28 heavy (non-hydrogen) atoms. The summed E-state index contributed by atoms with van der Waals surface area (Å²) in [5, 5.41) is 1.00. The van der Waals surface area contributed by atoms with Crippen LogP contribution in [0.15, 0.2) is 71.0 Å². The zero-order chi connectivity index (χ0) is 19.7. The molecule has 6 heteroatoms. The molecule has 0 radical (unpaired) electrons. The van der Waals surface area contributed by atoms with Crippen LogP contribution in [0.4, 0.5) is 5.69 Å². The maximum atomic E-state index is 13.2. The molecule has 4 nitrogen and oxygen atoms in total. The van der Waals surface area contributed by atoms with Crippen LogP contribution in [0.1, 0.15) is 12.6 Å². The SMILES string of the molecule is C=CC[n+]1ccccc1C=c1sc(=C2Sc3ccccc3N2C)c(=O)n1CC. The summed E-state index contributed by atoms with van der Waals surface area (Å²) in [6, 6.07) is 14.3. The summed E-state index contributed by atoms with van der Waals surface area (Å²) in [5.74, 6) is 0. The van der Waals surface area contributed by atoms with Crippen LogP contribution in [0.25, 0.3) is 11.1 Å². The van der Waals surface area contributed by atoms with Crippen LogP contribution in [0, 0.1) is 0 Å². The monoisotopic (exact) mass is 408 g/mol. The molecule has 2 aromatic heterocycles. The molecule has 3 heterocycles. The van der Waals surface area contributed by atoms with Crippen LogP contribution in [-0.2, 0) is 13.1 Å². The molecule has 142 valence electrons. The third-order valence-electron chi connectivity index (χ3n) is 4.73. The van der Waals surface area contributed by atoms with Gasteiger partial charge in [0.2, 0.25) is 5.69 Å². The van der Waals surface area contributed by atoms with Gasteiger partial charge in [0.05, 0.1) is 5.69 Å². The summed E-state index contributed by atoms with van der Waals surface area (Å²) >= 11 is 3.23. The molecule has 0 amide bonds. The Bertz CT molecular complexity index is 1220. The largest absolute Gasteiger partial charge is 0.337 e. The Morgan fingerprint density at radius 3 is 2.71 bits per heavy atom. The number of nitrogens with zero attached hydrogens (tertiary/aromatic N) is 3. The lowest BCUT2D eigenvalue weighted by Crippen LogP contribution is -2.37. The number of pyridine rings is 1. The first kappa shape index (κ1) is 18.8. The average Bonchev–Trinajstić information content (AvgIpc) is 3.20. The standard InChI is InChI=1S/C22H22N3OS2/c1-4-13-24-14-9-8-10-16(24)15-19-25(5-2)21(26)20(28-19)22-23(3)17-11-6-7-12-18(17)27-22/h4,6-12,14-15H,1,5,13H2,2-3H3/q+1. The molecule has 0 aliphatic carbocycles. The molecule has 0 saturated carbocycles. The summed E-state index contributed by atoms with van der Waals surface area (Å²) in [5.41, 5.74) is 2.28. The van der Waals surface area contributed by atoms with E-state index >= 15 is 0 Å². The van der Waals surface area contributed by atoms with Crippen LogP contribution in [0.2, 0.25) is 0 Å². The molecule has 4 rings (SSSR count). The van der Waals surface area contributed by atoms with E-state index in [1.165, 1.54) is 4.90 Å². The van der Waals surface area contributed by atoms with E-state index < -0.39 is 0 Å². The maximum Gasteiger partial charge on any atom is 0.271 e. The highest BCUT2D eigenvalue weighted by Gasteiger charge is 2.24. The third-order valence-corrected chi connectivity index (χ3v) is 7.22. The molecule has 0 atom stereocenters. The van der Waals surface area contributed by atoms with Gasteiger partial charge in [-0.15, -0.1) is 11.3 Å². The zero-order valence-corrected chi connectivity index (χ0v) is 17.6. The highest BCUT2D eigenvalue weighted by Crippen LogP contribution is 2.44. The molecule has 0 bridgehead atoms. The smallest absolute Gasteiger partial charge is 0.271 e. The van der Waals surface area contributed by atoms with E-state index in [0.29, 0.717) is 6.54 Å². The normalized spacial score (nSPS) is 15.8. The number of anilines is 1. The number of hydrogen-bond acceptors (Lipinski definition) is 4. The number of aromatic nitrogens is 2. The van der Waals surface area contributed by atoms with E-state index in [1.54, 1.807) is 23.1 Å². The molecule has 0 saturated heterocycles. The number of para-hydroxylation sites is 1. The maximum absolute atomic E-state index is 13.2. The third kappa shape index (κ3) is 3.23. The van der Waals surface area contributed by atoms with Gasteiger partial charge in [0, 0.05) is 36.7 Å². The van der Waals surface area contributed by atoms with E-state index in [0.717, 1.165) is 32.2 Å². The van der Waals surface area contributed by atoms with Gasteiger partial charge >= 0.3 is 0 Å². The summed E-state index contributed by atoms with van der Waals surface area (Å²) in [7, 11) is 2.03. The minimum atomic E-state index is 0.0760. The minimum absolute atomic E-state index is 0.0760. The summed E-state index contributed by atoms with van der Waals surface area (Å²) in [6.07, 6.45) is 6.00. The van der Waals surface area contributed by atoms with Gasteiger partial charge in [0.1, 0.15) is 14.2 Å². The van der Waals surface area contributed by atoms with Crippen molar-refractivity contribution in [3.63, 3.8) is 0 Å². The van der Waals surface area contributed by atoms with E-state index in [9.17, 15) is 4.79 Å². The number of thiazole rings is 1. The topological polar surface area (TPSA) is 29.1 Å². The van der Waals surface area contributed by atoms with Crippen molar-refractivity contribution in [1.82, 2.24) is 4.57 Å². The van der Waals surface area contributed by atoms with E-state index in [-0.39, 0.29) is 5.56 Å². The highest BCUT2D eigenvalue weighted by molar-refractivity contribution is 8.08. The van der Waals surface area contributed by atoms with Crippen molar-refractivity contribution >= 4 is 39.9 Å². The Morgan fingerprint density at radius 1 is 1.18 bits per heavy atom. The lowest BCUT2D eigenvalue weighted by Gasteiger charge is -2.11. The lowest BCUT2D eigenvalue weighted by atomic mass is 10.3. The second-order valence-corrected chi connectivity index (χ2v) is 8.52. The Balaban J connectivity index is 1.93. The molecular weight excluding hydrogens is 386 g/mol. The molecule has 0 unspecified atom stereocenters. The predicted molar refractivity (Wildman–Crippen MR) is 118 cm³/mol. The zero-order valence-electron chi connectivity index (χ0n) is 16.0. The Kier molecular flexibility index (Phi) is 5.24. The Labute approximate surface area is 172 Å². The van der Waals surface area contributed by atoms with Gasteiger partial charge in [-0.2, -0.15) is 4.57 Å². The first-order chi connectivity index (χ1) is 13.6. The fraction of sp³-hybridized carbons (Fsp3) is 0.182.